The summed E-state index contributed by atoms with van der Waals surface area (Å²) < 4.78 is 10.6. The molecule has 0 amide bonds. The molecule has 21 heavy (non-hydrogen) atoms. The highest BCUT2D eigenvalue weighted by Gasteiger charge is 2.26. The lowest BCUT2D eigenvalue weighted by molar-refractivity contribution is -0.142. The Balaban J connectivity index is 2.34. The number of hydrogen-bond acceptors (Lipinski definition) is 4. The second kappa shape index (κ2) is 7.74. The van der Waals surface area contributed by atoms with Crippen molar-refractivity contribution in [2.24, 2.45) is 0 Å². The number of ether oxygens (including phenoxy) is 2. The van der Waals surface area contributed by atoms with E-state index in [1.807, 2.05) is 61.5 Å². The Labute approximate surface area is 129 Å². The number of methoxy groups -OCH3 is 1. The number of hydrogen-bond donors (Lipinski definition) is 0. The molecule has 1 atom stereocenters. The minimum atomic E-state index is -0.441. The van der Waals surface area contributed by atoms with Gasteiger partial charge >= 0.3 is 5.97 Å². The van der Waals surface area contributed by atoms with Gasteiger partial charge in [-0.05, 0) is 25.1 Å². The first-order valence-corrected chi connectivity index (χ1v) is 7.65. The lowest BCUT2D eigenvalue weighted by Crippen LogP contribution is -2.14. The van der Waals surface area contributed by atoms with Gasteiger partial charge in [0.1, 0.15) is 11.0 Å². The maximum atomic E-state index is 12.3. The van der Waals surface area contributed by atoms with E-state index in [9.17, 15) is 4.79 Å². The molecule has 0 aliphatic carbocycles. The number of benzene rings is 2. The molecule has 0 aliphatic heterocycles. The molecular formula is C17H18O3S. The fourth-order valence-electron chi connectivity index (χ4n) is 1.97. The molecule has 0 N–H and O–H groups in total. The minimum absolute atomic E-state index is 0.254. The highest BCUT2D eigenvalue weighted by Crippen LogP contribution is 2.40. The average Bonchev–Trinajstić information content (AvgIpc) is 2.54. The Kier molecular flexibility index (Phi) is 5.69. The standard InChI is InChI=1S/C17H18O3S/c1-3-20-17(18)16(21-13-9-5-4-6-10-13)14-11-7-8-12-15(14)19-2/h4-12,16H,3H2,1-2H3. The molecule has 4 heteroatoms. The quantitative estimate of drug-likeness (QED) is 0.594. The summed E-state index contributed by atoms with van der Waals surface area (Å²) in [6.45, 7) is 2.17. The molecule has 0 saturated heterocycles. The van der Waals surface area contributed by atoms with Gasteiger partial charge in [-0.25, -0.2) is 0 Å². The Bertz CT molecular complexity index is 584. The maximum absolute atomic E-state index is 12.3. The van der Waals surface area contributed by atoms with Crippen LogP contribution in [-0.4, -0.2) is 19.7 Å². The molecule has 0 aromatic heterocycles. The Hall–Kier alpha value is -1.94. The predicted octanol–water partition coefficient (Wildman–Crippen LogP) is 4.09. The van der Waals surface area contributed by atoms with Crippen molar-refractivity contribution >= 4 is 17.7 Å². The smallest absolute Gasteiger partial charge is 0.324 e. The van der Waals surface area contributed by atoms with E-state index >= 15 is 0 Å². The first-order chi connectivity index (χ1) is 10.3. The van der Waals surface area contributed by atoms with E-state index in [4.69, 9.17) is 9.47 Å². The summed E-state index contributed by atoms with van der Waals surface area (Å²) >= 11 is 1.46. The third kappa shape index (κ3) is 4.02. The Morgan fingerprint density at radius 2 is 1.76 bits per heavy atom. The maximum Gasteiger partial charge on any atom is 0.324 e. The van der Waals surface area contributed by atoms with Gasteiger partial charge in [0.25, 0.3) is 0 Å². The zero-order valence-corrected chi connectivity index (χ0v) is 12.9. The number of thioether (sulfide) groups is 1. The van der Waals surface area contributed by atoms with Crippen molar-refractivity contribution < 1.29 is 14.3 Å². The van der Waals surface area contributed by atoms with E-state index in [2.05, 4.69) is 0 Å². The molecule has 2 aromatic carbocycles. The number of para-hydroxylation sites is 1. The molecule has 0 spiro atoms. The van der Waals surface area contributed by atoms with E-state index in [1.165, 1.54) is 11.8 Å². The van der Waals surface area contributed by atoms with Crippen LogP contribution in [0.1, 0.15) is 17.7 Å². The van der Waals surface area contributed by atoms with Crippen molar-refractivity contribution in [2.75, 3.05) is 13.7 Å². The van der Waals surface area contributed by atoms with Crippen molar-refractivity contribution in [3.05, 3.63) is 60.2 Å². The number of carbonyl (C=O) groups excluding carboxylic acids is 1. The Morgan fingerprint density at radius 3 is 2.43 bits per heavy atom. The van der Waals surface area contributed by atoms with Crippen LogP contribution in [0.4, 0.5) is 0 Å². The van der Waals surface area contributed by atoms with E-state index in [0.29, 0.717) is 12.4 Å². The fraction of sp³-hybridized carbons (Fsp3) is 0.235. The topological polar surface area (TPSA) is 35.5 Å². The average molecular weight is 302 g/mol. The van der Waals surface area contributed by atoms with Gasteiger partial charge < -0.3 is 9.47 Å². The molecule has 0 bridgehead atoms. The number of rotatable bonds is 6. The number of carbonyl (C=O) groups is 1. The summed E-state index contributed by atoms with van der Waals surface area (Å²) in [6.07, 6.45) is 0. The number of esters is 1. The van der Waals surface area contributed by atoms with Gasteiger partial charge in [-0.3, -0.25) is 4.79 Å². The molecule has 0 radical (unpaired) electrons. The van der Waals surface area contributed by atoms with Gasteiger partial charge in [-0.15, -0.1) is 11.8 Å². The molecule has 2 rings (SSSR count). The van der Waals surface area contributed by atoms with Gasteiger partial charge in [0.05, 0.1) is 13.7 Å². The molecule has 0 aliphatic rings. The summed E-state index contributed by atoms with van der Waals surface area (Å²) in [5, 5.41) is -0.441. The summed E-state index contributed by atoms with van der Waals surface area (Å²) in [5.74, 6) is 0.440. The van der Waals surface area contributed by atoms with Crippen molar-refractivity contribution in [1.29, 1.82) is 0 Å². The molecule has 110 valence electrons. The van der Waals surface area contributed by atoms with E-state index in [1.54, 1.807) is 7.11 Å². The molecular weight excluding hydrogens is 284 g/mol. The highest BCUT2D eigenvalue weighted by molar-refractivity contribution is 8.00. The van der Waals surface area contributed by atoms with E-state index < -0.39 is 5.25 Å². The summed E-state index contributed by atoms with van der Waals surface area (Å²) in [7, 11) is 1.61. The third-order valence-corrected chi connectivity index (χ3v) is 4.15. The monoisotopic (exact) mass is 302 g/mol. The predicted molar refractivity (Wildman–Crippen MR) is 84.7 cm³/mol. The highest BCUT2D eigenvalue weighted by atomic mass is 32.2. The first-order valence-electron chi connectivity index (χ1n) is 6.77. The fourth-order valence-corrected chi connectivity index (χ4v) is 3.05. The van der Waals surface area contributed by atoms with Crippen LogP contribution in [0.15, 0.2) is 59.5 Å². The molecule has 0 fully saturated rings. The zero-order valence-electron chi connectivity index (χ0n) is 12.1. The lowest BCUT2D eigenvalue weighted by atomic mass is 10.1. The van der Waals surface area contributed by atoms with E-state index in [0.717, 1.165) is 10.5 Å². The van der Waals surface area contributed by atoms with Crippen molar-refractivity contribution in [3.8, 4) is 5.75 Å². The van der Waals surface area contributed by atoms with Gasteiger partial charge in [-0.1, -0.05) is 36.4 Å². The second-order valence-corrected chi connectivity index (χ2v) is 5.48. The van der Waals surface area contributed by atoms with Crippen LogP contribution in [0.5, 0.6) is 5.75 Å². The van der Waals surface area contributed by atoms with Gasteiger partial charge in [0.2, 0.25) is 0 Å². The first kappa shape index (κ1) is 15.4. The van der Waals surface area contributed by atoms with Crippen LogP contribution in [0.25, 0.3) is 0 Å². The second-order valence-electron chi connectivity index (χ2n) is 4.30. The van der Waals surface area contributed by atoms with Crippen molar-refractivity contribution in [3.63, 3.8) is 0 Å². The summed E-state index contributed by atoms with van der Waals surface area (Å²) in [4.78, 5) is 13.3. The van der Waals surface area contributed by atoms with Crippen molar-refractivity contribution in [2.45, 2.75) is 17.1 Å². The van der Waals surface area contributed by atoms with Crippen LogP contribution in [0, 0.1) is 0 Å². The largest absolute Gasteiger partial charge is 0.496 e. The molecule has 0 saturated carbocycles. The van der Waals surface area contributed by atoms with Gasteiger partial charge in [-0.2, -0.15) is 0 Å². The van der Waals surface area contributed by atoms with Crippen LogP contribution in [-0.2, 0) is 9.53 Å². The zero-order chi connectivity index (χ0) is 15.1. The molecule has 0 heterocycles. The van der Waals surface area contributed by atoms with Crippen LogP contribution in [0.3, 0.4) is 0 Å². The van der Waals surface area contributed by atoms with Crippen molar-refractivity contribution in [1.82, 2.24) is 0 Å². The SMILES string of the molecule is CCOC(=O)C(Sc1ccccc1)c1ccccc1OC. The van der Waals surface area contributed by atoms with Crippen LogP contribution in [0.2, 0.25) is 0 Å². The van der Waals surface area contributed by atoms with E-state index in [-0.39, 0.29) is 5.97 Å². The molecule has 2 aromatic rings. The van der Waals surface area contributed by atoms with Crippen LogP contribution >= 0.6 is 11.8 Å². The lowest BCUT2D eigenvalue weighted by Gasteiger charge is -2.18. The molecule has 3 nitrogen and oxygen atoms in total. The summed E-state index contributed by atoms with van der Waals surface area (Å²) in [6, 6.07) is 17.3. The Morgan fingerprint density at radius 1 is 1.10 bits per heavy atom. The molecule has 1 unspecified atom stereocenters. The van der Waals surface area contributed by atoms with Gasteiger partial charge in [0.15, 0.2) is 0 Å². The van der Waals surface area contributed by atoms with Crippen LogP contribution < -0.4 is 4.74 Å². The van der Waals surface area contributed by atoms with Gasteiger partial charge in [0, 0.05) is 10.5 Å². The normalized spacial score (nSPS) is 11.7. The third-order valence-electron chi connectivity index (χ3n) is 2.92. The summed E-state index contributed by atoms with van der Waals surface area (Å²) in [5.41, 5.74) is 0.826. The minimum Gasteiger partial charge on any atom is -0.496 e.